The number of rotatable bonds is 5. The zero-order valence-electron chi connectivity index (χ0n) is 13.5. The van der Waals surface area contributed by atoms with Crippen LogP contribution in [0.4, 0.5) is 33.1 Å². The van der Waals surface area contributed by atoms with Crippen LogP contribution in [0.15, 0.2) is 48.8 Å². The maximum Gasteiger partial charge on any atom is 0.353 e. The number of aryl methyl sites for hydroxylation is 1. The Kier molecular flexibility index (Phi) is 4.94. The van der Waals surface area contributed by atoms with Gasteiger partial charge in [0.1, 0.15) is 12.1 Å². The monoisotopic (exact) mass is 373 g/mol. The predicted molar refractivity (Wildman–Crippen MR) is 97.8 cm³/mol. The Balaban J connectivity index is 1.98. The topological polar surface area (TPSA) is 93.0 Å². The Labute approximate surface area is 153 Å². The zero-order chi connectivity index (χ0) is 18.7. The second kappa shape index (κ2) is 7.32. The largest absolute Gasteiger partial charge is 0.353 e. The van der Waals surface area contributed by atoms with Crippen LogP contribution in [0.25, 0.3) is 0 Å². The molecule has 9 heteroatoms. The molecule has 2 N–H and O–H groups in total. The minimum absolute atomic E-state index is 0.0336. The second-order valence-electron chi connectivity index (χ2n) is 5.42. The van der Waals surface area contributed by atoms with Gasteiger partial charge in [-0.3, -0.25) is 10.1 Å². The van der Waals surface area contributed by atoms with E-state index in [4.69, 9.17) is 11.6 Å². The minimum atomic E-state index is -0.592. The predicted octanol–water partition coefficient (Wildman–Crippen LogP) is 4.97. The highest BCUT2D eigenvalue weighted by atomic mass is 35.5. The van der Waals surface area contributed by atoms with E-state index in [0.717, 1.165) is 11.6 Å². The number of nitro groups is 1. The molecule has 0 atom stereocenters. The molecule has 1 aromatic heterocycles. The molecule has 0 fully saturated rings. The normalized spacial score (nSPS) is 10.4. The van der Waals surface area contributed by atoms with Gasteiger partial charge in [-0.1, -0.05) is 23.7 Å². The number of aromatic nitrogens is 2. The number of nitrogens with zero attached hydrogens (tertiary/aromatic N) is 3. The van der Waals surface area contributed by atoms with E-state index in [1.165, 1.54) is 18.5 Å². The first-order valence-corrected chi connectivity index (χ1v) is 7.87. The van der Waals surface area contributed by atoms with E-state index in [-0.39, 0.29) is 22.3 Å². The van der Waals surface area contributed by atoms with Gasteiger partial charge in [-0.2, -0.15) is 0 Å². The van der Waals surface area contributed by atoms with Crippen molar-refractivity contribution in [3.8, 4) is 0 Å². The highest BCUT2D eigenvalue weighted by molar-refractivity contribution is 6.31. The molecule has 0 saturated heterocycles. The quantitative estimate of drug-likeness (QED) is 0.484. The number of hydrogen-bond acceptors (Lipinski definition) is 6. The van der Waals surface area contributed by atoms with Crippen LogP contribution in [0.2, 0.25) is 5.02 Å². The van der Waals surface area contributed by atoms with Gasteiger partial charge in [0, 0.05) is 11.4 Å². The van der Waals surface area contributed by atoms with Crippen LogP contribution in [-0.2, 0) is 0 Å². The van der Waals surface area contributed by atoms with E-state index in [0.29, 0.717) is 11.4 Å². The highest BCUT2D eigenvalue weighted by Gasteiger charge is 2.23. The lowest BCUT2D eigenvalue weighted by Crippen LogP contribution is -2.05. The van der Waals surface area contributed by atoms with Crippen molar-refractivity contribution in [3.05, 3.63) is 75.3 Å². The van der Waals surface area contributed by atoms with Crippen molar-refractivity contribution in [1.29, 1.82) is 0 Å². The third-order valence-corrected chi connectivity index (χ3v) is 3.76. The van der Waals surface area contributed by atoms with Crippen LogP contribution >= 0.6 is 11.6 Å². The second-order valence-corrected chi connectivity index (χ2v) is 5.83. The van der Waals surface area contributed by atoms with Gasteiger partial charge in [0.05, 0.1) is 9.95 Å². The van der Waals surface area contributed by atoms with Crippen molar-refractivity contribution in [3.63, 3.8) is 0 Å². The molecule has 0 aliphatic carbocycles. The minimum Gasteiger partial charge on any atom is -0.334 e. The molecule has 2 aromatic carbocycles. The molecular formula is C17H13ClFN5O2. The van der Waals surface area contributed by atoms with Gasteiger partial charge in [0.15, 0.2) is 0 Å². The van der Waals surface area contributed by atoms with E-state index < -0.39 is 10.7 Å². The number of benzene rings is 2. The van der Waals surface area contributed by atoms with E-state index >= 15 is 0 Å². The average Bonchev–Trinajstić information content (AvgIpc) is 2.58. The Morgan fingerprint density at radius 2 is 1.73 bits per heavy atom. The highest BCUT2D eigenvalue weighted by Crippen LogP contribution is 2.33. The van der Waals surface area contributed by atoms with E-state index in [1.54, 1.807) is 6.07 Å². The maximum atomic E-state index is 13.3. The summed E-state index contributed by atoms with van der Waals surface area (Å²) in [6, 6.07) is 11.2. The molecule has 0 saturated carbocycles. The fraction of sp³-hybridized carbons (Fsp3) is 0.0588. The number of anilines is 4. The fourth-order valence-corrected chi connectivity index (χ4v) is 2.49. The molecule has 0 amide bonds. The van der Waals surface area contributed by atoms with E-state index in [1.807, 2.05) is 25.1 Å². The van der Waals surface area contributed by atoms with Gasteiger partial charge >= 0.3 is 5.69 Å². The molecule has 7 nitrogen and oxygen atoms in total. The molecule has 1 heterocycles. The van der Waals surface area contributed by atoms with Crippen LogP contribution < -0.4 is 10.6 Å². The third kappa shape index (κ3) is 3.86. The summed E-state index contributed by atoms with van der Waals surface area (Å²) in [5.41, 5.74) is 1.67. The summed E-state index contributed by atoms with van der Waals surface area (Å²) in [5.74, 6) is -0.592. The molecule has 3 rings (SSSR count). The molecule has 0 spiro atoms. The van der Waals surface area contributed by atoms with Gasteiger partial charge < -0.3 is 10.6 Å². The zero-order valence-corrected chi connectivity index (χ0v) is 14.3. The van der Waals surface area contributed by atoms with Crippen molar-refractivity contribution in [2.75, 3.05) is 10.6 Å². The van der Waals surface area contributed by atoms with E-state index in [9.17, 15) is 14.5 Å². The van der Waals surface area contributed by atoms with Crippen molar-refractivity contribution in [1.82, 2.24) is 9.97 Å². The molecule has 3 aromatic rings. The third-order valence-electron chi connectivity index (χ3n) is 3.47. The maximum absolute atomic E-state index is 13.3. The summed E-state index contributed by atoms with van der Waals surface area (Å²) in [7, 11) is 0. The molecule has 0 unspecified atom stereocenters. The van der Waals surface area contributed by atoms with Crippen LogP contribution in [0.1, 0.15) is 5.56 Å². The lowest BCUT2D eigenvalue weighted by Gasteiger charge is -2.10. The molecule has 0 aliphatic rings. The molecule has 0 aliphatic heterocycles. The van der Waals surface area contributed by atoms with Crippen molar-refractivity contribution < 1.29 is 9.31 Å². The van der Waals surface area contributed by atoms with Crippen molar-refractivity contribution >= 4 is 40.3 Å². The first-order chi connectivity index (χ1) is 12.4. The van der Waals surface area contributed by atoms with Gasteiger partial charge in [-0.15, -0.1) is 0 Å². The van der Waals surface area contributed by atoms with Gasteiger partial charge in [0.2, 0.25) is 11.6 Å². The SMILES string of the molecule is Cc1cccc(Nc2ncnc(Nc3ccc(F)c(Cl)c3)c2[N+](=O)[O-])c1. The first-order valence-electron chi connectivity index (χ1n) is 7.49. The van der Waals surface area contributed by atoms with E-state index in [2.05, 4.69) is 20.6 Å². The molecule has 26 heavy (non-hydrogen) atoms. The van der Waals surface area contributed by atoms with Crippen LogP contribution in [0, 0.1) is 22.9 Å². The molecule has 0 radical (unpaired) electrons. The van der Waals surface area contributed by atoms with Crippen molar-refractivity contribution in [2.45, 2.75) is 6.92 Å². The summed E-state index contributed by atoms with van der Waals surface area (Å²) in [6.45, 7) is 1.91. The lowest BCUT2D eigenvalue weighted by atomic mass is 10.2. The van der Waals surface area contributed by atoms with Crippen LogP contribution in [0.3, 0.4) is 0 Å². The van der Waals surface area contributed by atoms with Gasteiger partial charge in [-0.25, -0.2) is 14.4 Å². The number of hydrogen-bond donors (Lipinski definition) is 2. The standard InChI is InChI=1S/C17H13ClFN5O2/c1-10-3-2-4-11(7-10)22-16-15(24(25)26)17(21-9-20-16)23-12-5-6-14(19)13(18)8-12/h2-9H,1H3,(H2,20,21,22,23). The van der Waals surface area contributed by atoms with Crippen LogP contribution in [-0.4, -0.2) is 14.9 Å². The average molecular weight is 374 g/mol. The number of halogens is 2. The summed E-state index contributed by atoms with van der Waals surface area (Å²) < 4.78 is 13.3. The summed E-state index contributed by atoms with van der Waals surface area (Å²) in [4.78, 5) is 18.9. The van der Waals surface area contributed by atoms with Crippen molar-refractivity contribution in [2.24, 2.45) is 0 Å². The summed E-state index contributed by atoms with van der Waals surface area (Å²) >= 11 is 5.74. The Morgan fingerprint density at radius 1 is 1.08 bits per heavy atom. The fourth-order valence-electron chi connectivity index (χ4n) is 2.30. The first kappa shape index (κ1) is 17.6. The smallest absolute Gasteiger partial charge is 0.334 e. The Morgan fingerprint density at radius 3 is 2.31 bits per heavy atom. The summed E-state index contributed by atoms with van der Waals surface area (Å²) in [5, 5.41) is 17.2. The summed E-state index contributed by atoms with van der Waals surface area (Å²) in [6.07, 6.45) is 1.19. The lowest BCUT2D eigenvalue weighted by molar-refractivity contribution is -0.383. The van der Waals surface area contributed by atoms with Crippen LogP contribution in [0.5, 0.6) is 0 Å². The Bertz CT molecular complexity index is 983. The van der Waals surface area contributed by atoms with Gasteiger partial charge in [0.25, 0.3) is 0 Å². The molecular weight excluding hydrogens is 361 g/mol. The number of nitrogens with one attached hydrogen (secondary N) is 2. The van der Waals surface area contributed by atoms with Gasteiger partial charge in [-0.05, 0) is 42.8 Å². The molecule has 132 valence electrons. The Hall–Kier alpha value is -3.26. The molecule has 0 bridgehead atoms.